The van der Waals surface area contributed by atoms with Crippen LogP contribution < -0.4 is 5.73 Å². The third kappa shape index (κ3) is 2.27. The maximum Gasteiger partial charge on any atom is 0.165 e. The fraction of sp³-hybridized carbons (Fsp3) is 0.429. The lowest BCUT2D eigenvalue weighted by atomic mass is 10.1. The summed E-state index contributed by atoms with van der Waals surface area (Å²) in [6.45, 7) is 2.02. The van der Waals surface area contributed by atoms with Crippen LogP contribution in [-0.2, 0) is 0 Å². The van der Waals surface area contributed by atoms with Crippen LogP contribution >= 0.6 is 15.9 Å². The van der Waals surface area contributed by atoms with E-state index in [9.17, 15) is 0 Å². The molecule has 1 saturated carbocycles. The van der Waals surface area contributed by atoms with Crippen LogP contribution in [0.1, 0.15) is 37.5 Å². The highest BCUT2D eigenvalue weighted by atomic mass is 79.9. The van der Waals surface area contributed by atoms with Gasteiger partial charge in [-0.25, -0.2) is 0 Å². The molecule has 1 aromatic heterocycles. The van der Waals surface area contributed by atoms with Crippen molar-refractivity contribution in [3.8, 4) is 11.4 Å². The number of rotatable bonds is 2. The van der Waals surface area contributed by atoms with Crippen LogP contribution in [0.4, 0.5) is 5.69 Å². The summed E-state index contributed by atoms with van der Waals surface area (Å²) in [7, 11) is 0. The number of nitrogens with zero attached hydrogens (tertiary/aromatic N) is 3. The highest BCUT2D eigenvalue weighted by molar-refractivity contribution is 9.10. The Labute approximate surface area is 121 Å². The zero-order chi connectivity index (χ0) is 13.4. The zero-order valence-corrected chi connectivity index (χ0v) is 12.5. The lowest BCUT2D eigenvalue weighted by molar-refractivity contribution is 0.510. The van der Waals surface area contributed by atoms with Crippen molar-refractivity contribution in [2.24, 2.45) is 0 Å². The lowest BCUT2D eigenvalue weighted by Crippen LogP contribution is -2.09. The molecule has 0 atom stereocenters. The van der Waals surface area contributed by atoms with E-state index in [0.717, 1.165) is 27.4 Å². The Morgan fingerprint density at radius 1 is 1.26 bits per heavy atom. The van der Waals surface area contributed by atoms with E-state index in [0.29, 0.717) is 6.04 Å². The first kappa shape index (κ1) is 12.7. The molecule has 0 bridgehead atoms. The average molecular weight is 321 g/mol. The van der Waals surface area contributed by atoms with Crippen LogP contribution in [0.5, 0.6) is 0 Å². The molecule has 1 aromatic carbocycles. The molecule has 19 heavy (non-hydrogen) atoms. The van der Waals surface area contributed by atoms with Gasteiger partial charge in [0.15, 0.2) is 5.82 Å². The van der Waals surface area contributed by atoms with E-state index in [2.05, 4.69) is 30.7 Å². The summed E-state index contributed by atoms with van der Waals surface area (Å²) in [5, 5.41) is 8.62. The van der Waals surface area contributed by atoms with Gasteiger partial charge in [-0.3, -0.25) is 0 Å². The minimum Gasteiger partial charge on any atom is -0.399 e. The standard InChI is InChI=1S/C14H17BrN4/c1-9-17-18-14(19(9)11-4-2-3-5-11)12-8-10(16)6-7-13(12)15/h6-8,11H,2-5,16H2,1H3. The van der Waals surface area contributed by atoms with Gasteiger partial charge in [-0.1, -0.05) is 28.8 Å². The normalized spacial score (nSPS) is 16.1. The smallest absolute Gasteiger partial charge is 0.165 e. The van der Waals surface area contributed by atoms with E-state index in [1.165, 1.54) is 25.7 Å². The van der Waals surface area contributed by atoms with Crippen LogP contribution in [0.2, 0.25) is 0 Å². The SMILES string of the molecule is Cc1nnc(-c2cc(N)ccc2Br)n1C1CCCC1. The highest BCUT2D eigenvalue weighted by Gasteiger charge is 2.23. The molecule has 5 heteroatoms. The number of hydrogen-bond acceptors (Lipinski definition) is 3. The fourth-order valence-corrected chi connectivity index (χ4v) is 3.29. The first-order valence-corrected chi connectivity index (χ1v) is 7.43. The Hall–Kier alpha value is -1.36. The van der Waals surface area contributed by atoms with E-state index in [1.54, 1.807) is 0 Å². The van der Waals surface area contributed by atoms with Crippen molar-refractivity contribution in [2.45, 2.75) is 38.6 Å². The summed E-state index contributed by atoms with van der Waals surface area (Å²) >= 11 is 3.58. The maximum atomic E-state index is 5.90. The average Bonchev–Trinajstić information content (AvgIpc) is 3.01. The van der Waals surface area contributed by atoms with Crippen molar-refractivity contribution in [1.82, 2.24) is 14.8 Å². The van der Waals surface area contributed by atoms with Gasteiger partial charge in [-0.15, -0.1) is 10.2 Å². The van der Waals surface area contributed by atoms with Gasteiger partial charge in [0.1, 0.15) is 5.82 Å². The summed E-state index contributed by atoms with van der Waals surface area (Å²) in [6.07, 6.45) is 5.01. The van der Waals surface area contributed by atoms with Gasteiger partial charge in [0.25, 0.3) is 0 Å². The van der Waals surface area contributed by atoms with E-state index in [4.69, 9.17) is 5.73 Å². The highest BCUT2D eigenvalue weighted by Crippen LogP contribution is 2.36. The molecule has 100 valence electrons. The second kappa shape index (κ2) is 4.96. The lowest BCUT2D eigenvalue weighted by Gasteiger charge is -2.16. The number of nitrogens with two attached hydrogens (primary N) is 1. The maximum absolute atomic E-state index is 5.90. The predicted octanol–water partition coefficient (Wildman–Crippen LogP) is 3.71. The van der Waals surface area contributed by atoms with Gasteiger partial charge in [-0.2, -0.15) is 0 Å². The van der Waals surface area contributed by atoms with E-state index in [-0.39, 0.29) is 0 Å². The van der Waals surface area contributed by atoms with Crippen LogP contribution in [0.3, 0.4) is 0 Å². The molecule has 4 nitrogen and oxygen atoms in total. The van der Waals surface area contributed by atoms with E-state index >= 15 is 0 Å². The van der Waals surface area contributed by atoms with Gasteiger partial charge < -0.3 is 10.3 Å². The summed E-state index contributed by atoms with van der Waals surface area (Å²) < 4.78 is 3.28. The molecular formula is C14H17BrN4. The molecule has 0 radical (unpaired) electrons. The molecule has 0 unspecified atom stereocenters. The van der Waals surface area contributed by atoms with Gasteiger partial charge >= 0.3 is 0 Å². The molecule has 1 aliphatic carbocycles. The minimum atomic E-state index is 0.526. The Morgan fingerprint density at radius 2 is 2.00 bits per heavy atom. The predicted molar refractivity (Wildman–Crippen MR) is 79.8 cm³/mol. The number of benzene rings is 1. The number of anilines is 1. The van der Waals surface area contributed by atoms with E-state index < -0.39 is 0 Å². The third-order valence-corrected chi connectivity index (χ3v) is 4.48. The molecule has 0 aliphatic heterocycles. The second-order valence-corrected chi connectivity index (χ2v) is 5.97. The molecule has 3 rings (SSSR count). The minimum absolute atomic E-state index is 0.526. The number of hydrogen-bond donors (Lipinski definition) is 1. The summed E-state index contributed by atoms with van der Waals surface area (Å²) in [5.41, 5.74) is 7.66. The quantitative estimate of drug-likeness (QED) is 0.858. The van der Waals surface area contributed by atoms with Crippen molar-refractivity contribution in [3.63, 3.8) is 0 Å². The van der Waals surface area contributed by atoms with Crippen molar-refractivity contribution in [3.05, 3.63) is 28.5 Å². The summed E-state index contributed by atoms with van der Waals surface area (Å²) in [6, 6.07) is 6.34. The Bertz CT molecular complexity index is 599. The molecule has 0 amide bonds. The van der Waals surface area contributed by atoms with Crippen molar-refractivity contribution in [2.75, 3.05) is 5.73 Å². The zero-order valence-electron chi connectivity index (χ0n) is 10.9. The first-order valence-electron chi connectivity index (χ1n) is 6.63. The second-order valence-electron chi connectivity index (χ2n) is 5.12. The fourth-order valence-electron chi connectivity index (χ4n) is 2.87. The molecule has 0 saturated heterocycles. The molecule has 1 fully saturated rings. The monoisotopic (exact) mass is 320 g/mol. The molecular weight excluding hydrogens is 304 g/mol. The van der Waals surface area contributed by atoms with Gasteiger partial charge in [0.05, 0.1) is 0 Å². The number of aryl methyl sites for hydroxylation is 1. The third-order valence-electron chi connectivity index (χ3n) is 3.79. The molecule has 0 spiro atoms. The Morgan fingerprint density at radius 3 is 2.74 bits per heavy atom. The molecule has 2 N–H and O–H groups in total. The Kier molecular flexibility index (Phi) is 3.31. The summed E-state index contributed by atoms with van der Waals surface area (Å²) in [4.78, 5) is 0. The van der Waals surface area contributed by atoms with Crippen molar-refractivity contribution < 1.29 is 0 Å². The molecule has 2 aromatic rings. The number of aromatic nitrogens is 3. The van der Waals surface area contributed by atoms with Crippen LogP contribution in [0, 0.1) is 6.92 Å². The van der Waals surface area contributed by atoms with Gasteiger partial charge in [0, 0.05) is 21.8 Å². The van der Waals surface area contributed by atoms with Crippen LogP contribution in [0.15, 0.2) is 22.7 Å². The number of halogens is 1. The summed E-state index contributed by atoms with van der Waals surface area (Å²) in [5.74, 6) is 1.90. The Balaban J connectivity index is 2.12. The van der Waals surface area contributed by atoms with Gasteiger partial charge in [-0.05, 0) is 38.0 Å². The van der Waals surface area contributed by atoms with E-state index in [1.807, 2.05) is 25.1 Å². The molecule has 1 heterocycles. The van der Waals surface area contributed by atoms with Crippen LogP contribution in [0.25, 0.3) is 11.4 Å². The molecule has 1 aliphatic rings. The topological polar surface area (TPSA) is 56.7 Å². The van der Waals surface area contributed by atoms with Gasteiger partial charge in [0.2, 0.25) is 0 Å². The van der Waals surface area contributed by atoms with Crippen molar-refractivity contribution in [1.29, 1.82) is 0 Å². The van der Waals surface area contributed by atoms with Crippen molar-refractivity contribution >= 4 is 21.6 Å². The van der Waals surface area contributed by atoms with Crippen LogP contribution in [-0.4, -0.2) is 14.8 Å². The first-order chi connectivity index (χ1) is 9.16. The number of nitrogen functional groups attached to an aromatic ring is 1. The largest absolute Gasteiger partial charge is 0.399 e.